The van der Waals surface area contributed by atoms with Gasteiger partial charge >= 0.3 is 0 Å². The van der Waals surface area contributed by atoms with Crippen molar-refractivity contribution in [3.05, 3.63) is 42.2 Å². The number of fused-ring (bicyclic) bond motifs is 1. The van der Waals surface area contributed by atoms with Gasteiger partial charge in [0.1, 0.15) is 17.1 Å². The second-order valence-corrected chi connectivity index (χ2v) is 8.83. The minimum absolute atomic E-state index is 0.0524. The maximum atomic E-state index is 12.9. The highest BCUT2D eigenvalue weighted by molar-refractivity contribution is 7.22. The molecule has 4 heterocycles. The molecule has 5 rings (SSSR count). The van der Waals surface area contributed by atoms with E-state index in [2.05, 4.69) is 25.1 Å². The molecule has 2 fully saturated rings. The van der Waals surface area contributed by atoms with E-state index >= 15 is 0 Å². The van der Waals surface area contributed by atoms with E-state index < -0.39 is 0 Å². The smallest absolute Gasteiger partial charge is 0.243 e. The van der Waals surface area contributed by atoms with Crippen LogP contribution in [0.15, 0.2) is 36.7 Å². The van der Waals surface area contributed by atoms with Gasteiger partial charge in [-0.05, 0) is 24.8 Å². The van der Waals surface area contributed by atoms with Crippen molar-refractivity contribution in [3.63, 3.8) is 0 Å². The highest BCUT2D eigenvalue weighted by atomic mass is 32.1. The molecule has 31 heavy (non-hydrogen) atoms. The number of benzene rings is 1. The van der Waals surface area contributed by atoms with Crippen molar-refractivity contribution < 1.29 is 9.53 Å². The predicted molar refractivity (Wildman–Crippen MR) is 122 cm³/mol. The van der Waals surface area contributed by atoms with Gasteiger partial charge in [-0.15, -0.1) is 0 Å². The van der Waals surface area contributed by atoms with Crippen LogP contribution in [0.1, 0.15) is 24.8 Å². The number of amides is 1. The van der Waals surface area contributed by atoms with Gasteiger partial charge in [0, 0.05) is 32.8 Å². The van der Waals surface area contributed by atoms with Crippen molar-refractivity contribution in [1.29, 1.82) is 0 Å². The maximum Gasteiger partial charge on any atom is 0.243 e. The molecule has 2 aliphatic heterocycles. The Bertz CT molecular complexity index is 1030. The molecule has 1 aromatic carbocycles. The Morgan fingerprint density at radius 2 is 2.03 bits per heavy atom. The lowest BCUT2D eigenvalue weighted by Crippen LogP contribution is -2.43. The lowest BCUT2D eigenvalue weighted by Gasteiger charge is -2.23. The molecular formula is C22H26N6O2S. The molecule has 0 aliphatic carbocycles. The second-order valence-electron chi connectivity index (χ2n) is 7.85. The van der Waals surface area contributed by atoms with Crippen LogP contribution in [0.3, 0.4) is 0 Å². The number of hydrogen-bond acceptors (Lipinski definition) is 8. The lowest BCUT2D eigenvalue weighted by atomic mass is 10.2. The van der Waals surface area contributed by atoms with Crippen molar-refractivity contribution in [1.82, 2.24) is 20.3 Å². The Kier molecular flexibility index (Phi) is 5.95. The minimum atomic E-state index is -0.202. The van der Waals surface area contributed by atoms with Crippen molar-refractivity contribution in [2.24, 2.45) is 0 Å². The van der Waals surface area contributed by atoms with Crippen LogP contribution in [0, 0.1) is 0 Å². The molecule has 2 aliphatic rings. The van der Waals surface area contributed by atoms with Crippen LogP contribution in [-0.4, -0.2) is 59.7 Å². The topological polar surface area (TPSA) is 83.5 Å². The van der Waals surface area contributed by atoms with Gasteiger partial charge in [-0.3, -0.25) is 4.79 Å². The van der Waals surface area contributed by atoms with Crippen LogP contribution < -0.4 is 15.1 Å². The molecule has 2 aromatic heterocycles. The highest BCUT2D eigenvalue weighted by Crippen LogP contribution is 2.36. The first kappa shape index (κ1) is 20.1. The van der Waals surface area contributed by atoms with Crippen LogP contribution in [-0.2, 0) is 16.1 Å². The SMILES string of the molecule is O=C(NCc1ccccc1)[C@H]1CCCN1c1nc2ncnc(N3CCCOCC3)c2s1. The molecule has 2 saturated heterocycles. The highest BCUT2D eigenvalue weighted by Gasteiger charge is 2.33. The van der Waals surface area contributed by atoms with Crippen LogP contribution in [0.5, 0.6) is 0 Å². The Morgan fingerprint density at radius 3 is 2.94 bits per heavy atom. The van der Waals surface area contributed by atoms with Gasteiger partial charge < -0.3 is 19.9 Å². The normalized spacial score (nSPS) is 19.5. The summed E-state index contributed by atoms with van der Waals surface area (Å²) in [4.78, 5) is 31.1. The molecule has 1 atom stereocenters. The average molecular weight is 439 g/mol. The van der Waals surface area contributed by atoms with Gasteiger partial charge in [0.15, 0.2) is 16.6 Å². The van der Waals surface area contributed by atoms with E-state index in [4.69, 9.17) is 9.72 Å². The summed E-state index contributed by atoms with van der Waals surface area (Å²) in [5.74, 6) is 0.972. The fourth-order valence-corrected chi connectivity index (χ4v) is 5.32. The summed E-state index contributed by atoms with van der Waals surface area (Å²) in [5.41, 5.74) is 1.80. The Morgan fingerprint density at radius 1 is 1.13 bits per heavy atom. The monoisotopic (exact) mass is 438 g/mol. The molecule has 8 nitrogen and oxygen atoms in total. The van der Waals surface area contributed by atoms with Crippen LogP contribution >= 0.6 is 11.3 Å². The van der Waals surface area contributed by atoms with Crippen molar-refractivity contribution in [3.8, 4) is 0 Å². The van der Waals surface area contributed by atoms with Gasteiger partial charge in [0.2, 0.25) is 5.91 Å². The lowest BCUT2D eigenvalue weighted by molar-refractivity contribution is -0.122. The summed E-state index contributed by atoms with van der Waals surface area (Å²) in [6.07, 6.45) is 4.37. The van der Waals surface area contributed by atoms with E-state index in [9.17, 15) is 4.79 Å². The standard InChI is InChI=1S/C22H26N6O2S/c29-21(23-14-16-6-2-1-3-7-16)17-8-4-10-28(17)22-26-19-18(31-22)20(25-15-24-19)27-9-5-12-30-13-11-27/h1-3,6-7,15,17H,4-5,8-14H2,(H,23,29)/t17-/m1/s1. The largest absolute Gasteiger partial charge is 0.380 e. The van der Waals surface area contributed by atoms with Crippen LogP contribution in [0.2, 0.25) is 0 Å². The van der Waals surface area contributed by atoms with Gasteiger partial charge in [-0.2, -0.15) is 4.98 Å². The fraction of sp³-hybridized carbons (Fsp3) is 0.455. The molecule has 1 amide bonds. The van der Waals surface area contributed by atoms with Crippen molar-refractivity contribution in [2.75, 3.05) is 42.6 Å². The molecule has 0 spiro atoms. The second kappa shape index (κ2) is 9.15. The molecule has 0 radical (unpaired) electrons. The number of anilines is 2. The molecule has 1 N–H and O–H groups in total. The van der Waals surface area contributed by atoms with E-state index in [1.807, 2.05) is 30.3 Å². The zero-order valence-corrected chi connectivity index (χ0v) is 18.2. The summed E-state index contributed by atoms with van der Waals surface area (Å²) in [5, 5.41) is 3.94. The minimum Gasteiger partial charge on any atom is -0.380 e. The zero-order chi connectivity index (χ0) is 21.0. The van der Waals surface area contributed by atoms with Crippen molar-refractivity contribution in [2.45, 2.75) is 31.8 Å². The van der Waals surface area contributed by atoms with E-state index in [1.54, 1.807) is 17.7 Å². The van der Waals surface area contributed by atoms with Gasteiger partial charge in [-0.1, -0.05) is 41.7 Å². The van der Waals surface area contributed by atoms with Gasteiger partial charge in [0.25, 0.3) is 0 Å². The maximum absolute atomic E-state index is 12.9. The molecule has 3 aromatic rings. The third-order valence-electron chi connectivity index (χ3n) is 5.79. The summed E-state index contributed by atoms with van der Waals surface area (Å²) >= 11 is 1.58. The Hall–Kier alpha value is -2.78. The van der Waals surface area contributed by atoms with Crippen LogP contribution in [0.4, 0.5) is 10.9 Å². The number of nitrogens with one attached hydrogen (secondary N) is 1. The molecule has 162 valence electrons. The summed E-state index contributed by atoms with van der Waals surface area (Å²) in [6.45, 7) is 4.57. The van der Waals surface area contributed by atoms with E-state index in [0.29, 0.717) is 18.8 Å². The summed E-state index contributed by atoms with van der Waals surface area (Å²) in [7, 11) is 0. The van der Waals surface area contributed by atoms with Crippen LogP contribution in [0.25, 0.3) is 10.3 Å². The van der Waals surface area contributed by atoms with Gasteiger partial charge in [0.05, 0.1) is 6.61 Å². The number of aromatic nitrogens is 3. The number of thiazole rings is 1. The zero-order valence-electron chi connectivity index (χ0n) is 17.4. The number of nitrogens with zero attached hydrogens (tertiary/aromatic N) is 5. The fourth-order valence-electron chi connectivity index (χ4n) is 4.21. The first-order valence-corrected chi connectivity index (χ1v) is 11.6. The molecule has 0 saturated carbocycles. The number of rotatable bonds is 5. The summed E-state index contributed by atoms with van der Waals surface area (Å²) in [6, 6.07) is 9.79. The first-order valence-electron chi connectivity index (χ1n) is 10.8. The molecular weight excluding hydrogens is 412 g/mol. The molecule has 0 unspecified atom stereocenters. The average Bonchev–Trinajstić information content (AvgIpc) is 3.38. The van der Waals surface area contributed by atoms with Gasteiger partial charge in [-0.25, -0.2) is 9.97 Å². The third kappa shape index (κ3) is 4.33. The number of ether oxygens (including phenoxy) is 1. The molecule has 9 heteroatoms. The molecule has 0 bridgehead atoms. The quantitative estimate of drug-likeness (QED) is 0.656. The first-order chi connectivity index (χ1) is 15.3. The van der Waals surface area contributed by atoms with Crippen molar-refractivity contribution >= 4 is 38.5 Å². The van der Waals surface area contributed by atoms with E-state index in [1.165, 1.54) is 0 Å². The van der Waals surface area contributed by atoms with E-state index in [0.717, 1.165) is 66.7 Å². The summed E-state index contributed by atoms with van der Waals surface area (Å²) < 4.78 is 6.57. The predicted octanol–water partition coefficient (Wildman–Crippen LogP) is 2.60. The third-order valence-corrected chi connectivity index (χ3v) is 6.87. The Balaban J connectivity index is 1.35. The number of carbonyl (C=O) groups is 1. The van der Waals surface area contributed by atoms with E-state index in [-0.39, 0.29) is 11.9 Å². The number of hydrogen-bond donors (Lipinski definition) is 1. The Labute approximate surface area is 185 Å². The number of carbonyl (C=O) groups excluding carboxylic acids is 1.